The van der Waals surface area contributed by atoms with Crippen molar-refractivity contribution in [1.82, 2.24) is 0 Å². The van der Waals surface area contributed by atoms with Gasteiger partial charge >= 0.3 is 0 Å². The Balaban J connectivity index is 0.000000127. The van der Waals surface area contributed by atoms with Crippen LogP contribution in [0, 0.1) is 23.2 Å². The minimum Gasteiger partial charge on any atom is -0.504 e. The average molecular weight is 1300 g/mol. The van der Waals surface area contributed by atoms with Gasteiger partial charge in [0.05, 0.1) is 12.3 Å². The van der Waals surface area contributed by atoms with E-state index in [2.05, 4.69) is 237 Å². The molecule has 11 heteroatoms. The molecule has 9 aromatic carbocycles. The normalized spacial score (nSPS) is 19.6. The maximum atomic E-state index is 13.6. The molecule has 3 unspecified atom stereocenters. The molecule has 3 atom stereocenters. The summed E-state index contributed by atoms with van der Waals surface area (Å²) in [6.07, 6.45) is 4.31. The number of ether oxygens (including phenoxy) is 1. The van der Waals surface area contributed by atoms with Crippen LogP contribution in [0.3, 0.4) is 0 Å². The third-order valence-electron chi connectivity index (χ3n) is 19.7. The van der Waals surface area contributed by atoms with Crippen molar-refractivity contribution in [2.45, 2.75) is 112 Å². The number of carbonyl (C=O) groups excluding carboxylic acids is 3. The van der Waals surface area contributed by atoms with Crippen LogP contribution < -0.4 is 30.5 Å². The molecule has 0 saturated carbocycles. The quantitative estimate of drug-likeness (QED) is 0.123. The van der Waals surface area contributed by atoms with Crippen molar-refractivity contribution < 1.29 is 24.2 Å². The Labute approximate surface area is 556 Å². The molecular formula is C82H84BrN5O5. The zero-order valence-electron chi connectivity index (χ0n) is 55.6. The molecule has 3 aliphatic heterocycles. The van der Waals surface area contributed by atoms with Crippen LogP contribution in [-0.4, -0.2) is 57.3 Å². The number of hydrogen-bond donors (Lipinski definition) is 4. The highest BCUT2D eigenvalue weighted by atomic mass is 79.9. The molecule has 15 rings (SSSR count). The van der Waals surface area contributed by atoms with Gasteiger partial charge in [-0.2, -0.15) is 0 Å². The number of Topliss-reactive ketones (excluding diaryl/α,β-unsaturated/α-hetero) is 3. The number of allylic oxidation sites excluding steroid dienone is 6. The highest BCUT2D eigenvalue weighted by Gasteiger charge is 2.45. The number of phenols is 1. The second-order valence-electron chi connectivity index (χ2n) is 29.1. The van der Waals surface area contributed by atoms with Crippen LogP contribution in [0.5, 0.6) is 11.5 Å². The first-order valence-electron chi connectivity index (χ1n) is 32.7. The van der Waals surface area contributed by atoms with E-state index in [0.717, 1.165) is 119 Å². The predicted molar refractivity (Wildman–Crippen MR) is 387 cm³/mol. The highest BCUT2D eigenvalue weighted by molar-refractivity contribution is 9.10. The van der Waals surface area contributed by atoms with Crippen molar-refractivity contribution in [3.63, 3.8) is 0 Å². The highest BCUT2D eigenvalue weighted by Crippen LogP contribution is 2.55. The monoisotopic (exact) mass is 1300 g/mol. The van der Waals surface area contributed by atoms with Gasteiger partial charge in [-0.25, -0.2) is 0 Å². The summed E-state index contributed by atoms with van der Waals surface area (Å²) in [4.78, 5) is 44.7. The fourth-order valence-electron chi connectivity index (χ4n) is 15.6. The number of carbonyl (C=O) groups is 3. The Hall–Kier alpha value is -8.93. The van der Waals surface area contributed by atoms with Crippen molar-refractivity contribution in [3.8, 4) is 11.5 Å². The summed E-state index contributed by atoms with van der Waals surface area (Å²) >= 11 is 3.77. The number of aromatic hydroxyl groups is 1. The fraction of sp³-hybridized carbons (Fsp3) is 0.305. The zero-order chi connectivity index (χ0) is 65.6. The zero-order valence-corrected chi connectivity index (χ0v) is 57.2. The van der Waals surface area contributed by atoms with Crippen LogP contribution in [0.2, 0.25) is 0 Å². The van der Waals surface area contributed by atoms with Gasteiger partial charge in [0.15, 0.2) is 28.8 Å². The minimum atomic E-state index is -0.213. The molecular weight excluding hydrogens is 1210 g/mol. The molecule has 474 valence electrons. The molecule has 0 amide bonds. The Morgan fingerprint density at radius 1 is 0.473 bits per heavy atom. The fourth-order valence-corrected chi connectivity index (χ4v) is 16.4. The Kier molecular flexibility index (Phi) is 16.4. The van der Waals surface area contributed by atoms with Crippen molar-refractivity contribution >= 4 is 94.0 Å². The molecule has 6 aliphatic rings. The van der Waals surface area contributed by atoms with Gasteiger partial charge in [0, 0.05) is 126 Å². The van der Waals surface area contributed by atoms with Crippen LogP contribution in [0.15, 0.2) is 202 Å². The molecule has 3 aliphatic carbocycles. The number of nitrogens with one attached hydrogen (secondary N) is 3. The lowest BCUT2D eigenvalue weighted by atomic mass is 9.68. The SMILES string of the molecule is CCOc1cc(C2C3=C(CC(C)(C)CC3=O)Nc3ccc4ccccc4c32)cc(C)c1O.CN(C)c1ccc(C2C3=C(CC(C)(C)CC3=O)Nc3ccc4ccccc4c32)cc1.CN(C)c1ccc(C2C3=C(CC(C)(C)CC3=O)Nc3ccc4ccccc4c32)cc1Br. The molecule has 0 saturated heterocycles. The minimum absolute atomic E-state index is 0.0173. The summed E-state index contributed by atoms with van der Waals surface area (Å²) in [5, 5.41) is 28.6. The second-order valence-corrected chi connectivity index (χ2v) is 30.0. The number of fused-ring (bicyclic) bond motifs is 9. The number of anilines is 5. The van der Waals surface area contributed by atoms with E-state index in [1.165, 1.54) is 38.2 Å². The summed E-state index contributed by atoms with van der Waals surface area (Å²) < 4.78 is 6.80. The van der Waals surface area contributed by atoms with E-state index in [9.17, 15) is 19.5 Å². The number of rotatable bonds is 7. The van der Waals surface area contributed by atoms with Gasteiger partial charge in [0.25, 0.3) is 0 Å². The van der Waals surface area contributed by atoms with Crippen LogP contribution in [0.4, 0.5) is 28.4 Å². The number of aryl methyl sites for hydroxylation is 1. The van der Waals surface area contributed by atoms with E-state index in [4.69, 9.17) is 4.74 Å². The molecule has 0 aromatic heterocycles. The molecule has 9 aromatic rings. The number of nitrogens with zero attached hydrogens (tertiary/aromatic N) is 2. The van der Waals surface area contributed by atoms with Gasteiger partial charge < -0.3 is 35.6 Å². The van der Waals surface area contributed by atoms with Crippen LogP contribution in [0.25, 0.3) is 32.3 Å². The summed E-state index contributed by atoms with van der Waals surface area (Å²) in [6.45, 7) is 17.3. The maximum absolute atomic E-state index is 13.6. The van der Waals surface area contributed by atoms with E-state index in [0.29, 0.717) is 31.6 Å². The maximum Gasteiger partial charge on any atom is 0.162 e. The van der Waals surface area contributed by atoms with Crippen LogP contribution >= 0.6 is 15.9 Å². The summed E-state index contributed by atoms with van der Waals surface area (Å²) in [5.74, 6) is 1.02. The third-order valence-corrected chi connectivity index (χ3v) is 20.3. The van der Waals surface area contributed by atoms with E-state index >= 15 is 0 Å². The lowest BCUT2D eigenvalue weighted by Crippen LogP contribution is -2.34. The standard InChI is InChI=1S/C28H29NO3.C27H27BrN2O.C27H28N2O/c1-5-32-23-13-18(12-16(2)27(23)31)24-25-19-9-7-6-8-17(19)10-11-20(25)29-21-14-28(3,4)15-22(30)26(21)24;1-27(2)14-21-26(23(31)15-27)24(17-10-12-22(30(3)4)19(28)13-17)25-18-8-6-5-7-16(18)9-11-20(25)29-21;1-27(2)15-22-26(23(30)16-27)24(18-9-12-19(13-10-18)29(3)4)25-20-8-6-5-7-17(20)11-14-21(25)28-22/h6-13,24,29,31H,5,14-15H2,1-4H3;5-13,24,29H,14-15H2,1-4H3;5-14,24,28H,15-16H2,1-4H3. The number of hydrogen-bond acceptors (Lipinski definition) is 10. The number of phenolic OH excluding ortho intramolecular Hbond substituents is 1. The van der Waals surface area contributed by atoms with Gasteiger partial charge in [-0.05, 0) is 185 Å². The Morgan fingerprint density at radius 3 is 1.25 bits per heavy atom. The van der Waals surface area contributed by atoms with Gasteiger partial charge in [0.2, 0.25) is 0 Å². The largest absolute Gasteiger partial charge is 0.504 e. The summed E-state index contributed by atoms with van der Waals surface area (Å²) in [5.41, 5.74) is 19.0. The summed E-state index contributed by atoms with van der Waals surface area (Å²) in [6, 6.07) is 57.3. The van der Waals surface area contributed by atoms with Crippen molar-refractivity contribution in [1.29, 1.82) is 0 Å². The molecule has 4 N–H and O–H groups in total. The lowest BCUT2D eigenvalue weighted by molar-refractivity contribution is -0.119. The molecule has 0 fully saturated rings. The molecule has 3 heterocycles. The predicted octanol–water partition coefficient (Wildman–Crippen LogP) is 19.4. The smallest absolute Gasteiger partial charge is 0.162 e. The topological polar surface area (TPSA) is 123 Å². The van der Waals surface area contributed by atoms with E-state index in [-0.39, 0.29) is 57.1 Å². The van der Waals surface area contributed by atoms with Crippen LogP contribution in [0.1, 0.15) is 144 Å². The Morgan fingerprint density at radius 2 is 0.860 bits per heavy atom. The first-order chi connectivity index (χ1) is 44.4. The summed E-state index contributed by atoms with van der Waals surface area (Å²) in [7, 11) is 8.19. The van der Waals surface area contributed by atoms with Crippen molar-refractivity contribution in [3.05, 3.63) is 241 Å². The van der Waals surface area contributed by atoms with Gasteiger partial charge in [-0.15, -0.1) is 0 Å². The van der Waals surface area contributed by atoms with Gasteiger partial charge in [-0.3, -0.25) is 14.4 Å². The number of halogens is 1. The molecule has 0 radical (unpaired) electrons. The van der Waals surface area contributed by atoms with Gasteiger partial charge in [-0.1, -0.05) is 157 Å². The first kappa shape index (κ1) is 62.9. The van der Waals surface area contributed by atoms with Gasteiger partial charge in [0.1, 0.15) is 0 Å². The van der Waals surface area contributed by atoms with E-state index < -0.39 is 0 Å². The average Bonchev–Trinajstić information content (AvgIpc) is 0.746. The third kappa shape index (κ3) is 11.8. The van der Waals surface area contributed by atoms with Crippen LogP contribution in [-0.2, 0) is 14.4 Å². The molecule has 10 nitrogen and oxygen atoms in total. The van der Waals surface area contributed by atoms with E-state index in [1.54, 1.807) is 0 Å². The van der Waals surface area contributed by atoms with E-state index in [1.807, 2.05) is 52.2 Å². The first-order valence-corrected chi connectivity index (χ1v) is 33.5. The molecule has 0 spiro atoms. The van der Waals surface area contributed by atoms with Crippen molar-refractivity contribution in [2.24, 2.45) is 16.2 Å². The number of benzene rings is 9. The Bertz CT molecular complexity index is 4660. The molecule has 0 bridgehead atoms. The number of ketones is 3. The lowest BCUT2D eigenvalue weighted by Gasteiger charge is -2.40. The second kappa shape index (κ2) is 24.2. The molecule has 93 heavy (non-hydrogen) atoms. The van der Waals surface area contributed by atoms with Crippen molar-refractivity contribution in [2.75, 3.05) is 60.5 Å².